The zero-order valence-corrected chi connectivity index (χ0v) is 25.7. The Labute approximate surface area is 218 Å². The van der Waals surface area contributed by atoms with Crippen molar-refractivity contribution in [1.29, 1.82) is 0 Å². The topological polar surface area (TPSA) is 97.5 Å². The maximum atomic E-state index is 12.2. The predicted octanol–water partition coefficient (Wildman–Crippen LogP) is 5.75. The van der Waals surface area contributed by atoms with Crippen LogP contribution in [-0.4, -0.2) is 60.9 Å². The SMILES string of the molecule is CCC(C)C.C[Si](C)(C)CCOCn1cc(C(=O)OC(=O)c2cnn(COCC[Si](C)(C)C)c2)cn1. The molecule has 0 radical (unpaired) electrons. The molecule has 0 aromatic carbocycles. The minimum atomic E-state index is -1.15. The van der Waals surface area contributed by atoms with Gasteiger partial charge in [0.05, 0.1) is 23.5 Å². The zero-order chi connectivity index (χ0) is 27.4. The van der Waals surface area contributed by atoms with Gasteiger partial charge in [-0.15, -0.1) is 0 Å². The Balaban J connectivity index is 0.00000118. The van der Waals surface area contributed by atoms with Crippen LogP contribution in [0.5, 0.6) is 0 Å². The Morgan fingerprint density at radius 1 is 0.806 bits per heavy atom. The second-order valence-electron chi connectivity index (χ2n) is 11.7. The summed E-state index contributed by atoms with van der Waals surface area (Å²) in [6.07, 6.45) is 7.01. The molecule has 2 aromatic heterocycles. The zero-order valence-electron chi connectivity index (χ0n) is 23.7. The Bertz CT molecular complexity index is 859. The summed E-state index contributed by atoms with van der Waals surface area (Å²) >= 11 is 0. The van der Waals surface area contributed by atoms with Gasteiger partial charge in [-0.3, -0.25) is 0 Å². The highest BCUT2D eigenvalue weighted by Gasteiger charge is 2.19. The molecule has 2 heterocycles. The van der Waals surface area contributed by atoms with Gasteiger partial charge in [-0.05, 0) is 18.0 Å². The van der Waals surface area contributed by atoms with E-state index in [1.54, 1.807) is 0 Å². The fraction of sp³-hybridized carbons (Fsp3) is 0.680. The third kappa shape index (κ3) is 14.5. The Morgan fingerprint density at radius 2 is 1.17 bits per heavy atom. The number of aromatic nitrogens is 4. The van der Waals surface area contributed by atoms with Gasteiger partial charge in [0.2, 0.25) is 0 Å². The fourth-order valence-corrected chi connectivity index (χ4v) is 3.87. The lowest BCUT2D eigenvalue weighted by molar-refractivity contribution is 0.0396. The van der Waals surface area contributed by atoms with Crippen LogP contribution in [0.25, 0.3) is 0 Å². The first-order valence-corrected chi connectivity index (χ1v) is 20.1. The highest BCUT2D eigenvalue weighted by atomic mass is 28.3. The molecule has 0 bridgehead atoms. The molecule has 0 aliphatic carbocycles. The maximum Gasteiger partial charge on any atom is 0.349 e. The molecule has 36 heavy (non-hydrogen) atoms. The summed E-state index contributed by atoms with van der Waals surface area (Å²) in [4.78, 5) is 24.5. The molecule has 0 saturated heterocycles. The molecule has 0 unspecified atom stereocenters. The second kappa shape index (κ2) is 15.2. The molecule has 11 heteroatoms. The van der Waals surface area contributed by atoms with Crippen molar-refractivity contribution in [2.24, 2.45) is 5.92 Å². The molecule has 0 N–H and O–H groups in total. The minimum Gasteiger partial charge on any atom is -0.386 e. The average Bonchev–Trinajstić information content (AvgIpc) is 3.43. The summed E-state index contributed by atoms with van der Waals surface area (Å²) in [5.41, 5.74) is 0.369. The Morgan fingerprint density at radius 3 is 1.47 bits per heavy atom. The van der Waals surface area contributed by atoms with Crippen molar-refractivity contribution >= 4 is 28.1 Å². The second-order valence-corrected chi connectivity index (χ2v) is 23.0. The molecule has 9 nitrogen and oxygen atoms in total. The summed E-state index contributed by atoms with van der Waals surface area (Å²) in [5, 5.41) is 8.15. The molecule has 2 rings (SSSR count). The van der Waals surface area contributed by atoms with Crippen LogP contribution in [0.1, 0.15) is 47.9 Å². The molecule has 0 aliphatic heterocycles. The summed E-state index contributed by atoms with van der Waals surface area (Å²) < 4.78 is 19.1. The number of rotatable bonds is 13. The third-order valence-corrected chi connectivity index (χ3v) is 8.59. The molecule has 204 valence electrons. The van der Waals surface area contributed by atoms with Crippen molar-refractivity contribution in [2.75, 3.05) is 13.2 Å². The molecular formula is C25H46N4O5Si2. The van der Waals surface area contributed by atoms with Crippen molar-refractivity contribution in [3.63, 3.8) is 0 Å². The van der Waals surface area contributed by atoms with E-state index in [0.717, 1.165) is 18.0 Å². The van der Waals surface area contributed by atoms with E-state index in [4.69, 9.17) is 14.2 Å². The largest absolute Gasteiger partial charge is 0.386 e. The summed E-state index contributed by atoms with van der Waals surface area (Å²) in [6.45, 7) is 22.1. The fourth-order valence-electron chi connectivity index (χ4n) is 2.35. The van der Waals surface area contributed by atoms with Gasteiger partial charge in [0.1, 0.15) is 13.5 Å². The highest BCUT2D eigenvalue weighted by Crippen LogP contribution is 2.10. The number of carbonyl (C=O) groups excluding carboxylic acids is 2. The van der Waals surface area contributed by atoms with Crippen molar-refractivity contribution in [1.82, 2.24) is 19.6 Å². The van der Waals surface area contributed by atoms with Gasteiger partial charge in [-0.25, -0.2) is 19.0 Å². The highest BCUT2D eigenvalue weighted by molar-refractivity contribution is 6.76. The lowest BCUT2D eigenvalue weighted by Gasteiger charge is -2.15. The number of carbonyl (C=O) groups is 2. The van der Waals surface area contributed by atoms with Crippen LogP contribution < -0.4 is 0 Å². The number of hydrogen-bond donors (Lipinski definition) is 0. The first-order chi connectivity index (χ1) is 16.7. The Kier molecular flexibility index (Phi) is 13.5. The number of esters is 2. The smallest absolute Gasteiger partial charge is 0.349 e. The monoisotopic (exact) mass is 538 g/mol. The summed E-state index contributed by atoms with van der Waals surface area (Å²) in [6, 6.07) is 2.10. The van der Waals surface area contributed by atoms with E-state index in [9.17, 15) is 9.59 Å². The number of nitrogens with zero attached hydrogens (tertiary/aromatic N) is 4. The predicted molar refractivity (Wildman–Crippen MR) is 148 cm³/mol. The lowest BCUT2D eigenvalue weighted by Crippen LogP contribution is -2.22. The minimum absolute atomic E-state index is 0.184. The van der Waals surface area contributed by atoms with E-state index < -0.39 is 28.1 Å². The van der Waals surface area contributed by atoms with Gasteiger partial charge in [-0.1, -0.05) is 66.5 Å². The molecule has 0 saturated carbocycles. The third-order valence-electron chi connectivity index (χ3n) is 5.18. The molecular weight excluding hydrogens is 492 g/mol. The van der Waals surface area contributed by atoms with Crippen molar-refractivity contribution in [3.8, 4) is 0 Å². The van der Waals surface area contributed by atoms with E-state index in [1.807, 2.05) is 0 Å². The average molecular weight is 539 g/mol. The lowest BCUT2D eigenvalue weighted by atomic mass is 10.2. The van der Waals surface area contributed by atoms with E-state index in [1.165, 1.54) is 40.6 Å². The van der Waals surface area contributed by atoms with Crippen LogP contribution >= 0.6 is 0 Å². The van der Waals surface area contributed by atoms with Crippen molar-refractivity contribution in [2.45, 2.75) is 92.0 Å². The molecule has 0 spiro atoms. The summed E-state index contributed by atoms with van der Waals surface area (Å²) in [7, 11) is -2.31. The van der Waals surface area contributed by atoms with Crippen LogP contribution in [-0.2, 0) is 27.7 Å². The normalized spacial score (nSPS) is 11.8. The van der Waals surface area contributed by atoms with E-state index in [-0.39, 0.29) is 24.6 Å². The van der Waals surface area contributed by atoms with Crippen LogP contribution in [0, 0.1) is 5.92 Å². The van der Waals surface area contributed by atoms with E-state index >= 15 is 0 Å². The number of hydrogen-bond acceptors (Lipinski definition) is 7. The summed E-state index contributed by atoms with van der Waals surface area (Å²) in [5.74, 6) is -0.648. The number of ether oxygens (including phenoxy) is 3. The van der Waals surface area contributed by atoms with Gasteiger partial charge in [-0.2, -0.15) is 10.2 Å². The quantitative estimate of drug-likeness (QED) is 0.138. The maximum absolute atomic E-state index is 12.2. The first kappa shape index (κ1) is 31.9. The van der Waals surface area contributed by atoms with Gasteiger partial charge < -0.3 is 14.2 Å². The molecule has 0 atom stereocenters. The van der Waals surface area contributed by atoms with Gasteiger partial charge >= 0.3 is 11.9 Å². The van der Waals surface area contributed by atoms with Crippen LogP contribution in [0.4, 0.5) is 0 Å². The van der Waals surface area contributed by atoms with Crippen LogP contribution in [0.2, 0.25) is 51.4 Å². The first-order valence-electron chi connectivity index (χ1n) is 12.7. The van der Waals surface area contributed by atoms with Gasteiger partial charge in [0.25, 0.3) is 0 Å². The van der Waals surface area contributed by atoms with Crippen LogP contribution in [0.3, 0.4) is 0 Å². The van der Waals surface area contributed by atoms with E-state index in [0.29, 0.717) is 13.2 Å². The molecule has 0 fully saturated rings. The Hall–Kier alpha value is -2.09. The molecule has 2 aromatic rings. The molecule has 0 aliphatic rings. The van der Waals surface area contributed by atoms with Gasteiger partial charge in [0, 0.05) is 41.8 Å². The van der Waals surface area contributed by atoms with Crippen LogP contribution in [0.15, 0.2) is 24.8 Å². The van der Waals surface area contributed by atoms with Gasteiger partial charge in [0.15, 0.2) is 0 Å². The standard InChI is InChI=1S/C20H34N4O5Si2.C5H12/c1-30(2,3)9-7-27-15-23-13-17(11-21-23)19(25)29-20(26)18-12-22-24(14-18)16-28-8-10-31(4,5)6;1-4-5(2)3/h11-14H,7-10,15-16H2,1-6H3;5H,4H2,1-3H3. The van der Waals surface area contributed by atoms with E-state index in [2.05, 4.69) is 70.3 Å². The van der Waals surface area contributed by atoms with Crippen molar-refractivity contribution in [3.05, 3.63) is 35.9 Å². The van der Waals surface area contributed by atoms with Crippen molar-refractivity contribution < 1.29 is 23.8 Å². The molecule has 0 amide bonds.